The van der Waals surface area contributed by atoms with E-state index in [1.54, 1.807) is 0 Å². The normalized spacial score (nSPS) is 22.2. The van der Waals surface area contributed by atoms with Crippen LogP contribution in [-0.4, -0.2) is 41.8 Å². The highest BCUT2D eigenvalue weighted by Gasteiger charge is 2.37. The van der Waals surface area contributed by atoms with Gasteiger partial charge in [0.2, 0.25) is 5.91 Å². The number of benzene rings is 2. The molecule has 2 saturated carbocycles. The average Bonchev–Trinajstić information content (AvgIpc) is 3.39. The van der Waals surface area contributed by atoms with Gasteiger partial charge in [-0.15, -0.1) is 0 Å². The van der Waals surface area contributed by atoms with Crippen LogP contribution in [0.25, 0.3) is 11.1 Å². The van der Waals surface area contributed by atoms with Gasteiger partial charge in [-0.3, -0.25) is 9.59 Å². The van der Waals surface area contributed by atoms with E-state index in [-0.39, 0.29) is 30.4 Å². The molecule has 0 aliphatic heterocycles. The molecule has 3 atom stereocenters. The summed E-state index contributed by atoms with van der Waals surface area (Å²) in [4.78, 5) is 37.0. The SMILES string of the molecule is O=C(NC(C(=O)N[C@H]1CC[C@@H](C(=O)O)C1)C1CCC1)OCC1c2ccccc2-c2ccccc21. The molecule has 3 aliphatic carbocycles. The number of fused-ring (bicyclic) bond motifs is 3. The van der Waals surface area contributed by atoms with Gasteiger partial charge in [-0.05, 0) is 60.3 Å². The number of alkyl carbamates (subject to hydrolysis) is 1. The Hall–Kier alpha value is -3.35. The van der Waals surface area contributed by atoms with Crippen molar-refractivity contribution in [1.29, 1.82) is 0 Å². The Kier molecular flexibility index (Phi) is 6.26. The van der Waals surface area contributed by atoms with Crippen molar-refractivity contribution in [1.82, 2.24) is 10.6 Å². The number of carbonyl (C=O) groups is 3. The number of hydrogen-bond donors (Lipinski definition) is 3. The lowest BCUT2D eigenvalue weighted by Gasteiger charge is -2.33. The third kappa shape index (κ3) is 4.39. The molecular weight excluding hydrogens is 432 g/mol. The van der Waals surface area contributed by atoms with Crippen LogP contribution in [0.5, 0.6) is 0 Å². The summed E-state index contributed by atoms with van der Waals surface area (Å²) in [6, 6.07) is 15.5. The quantitative estimate of drug-likeness (QED) is 0.576. The van der Waals surface area contributed by atoms with Crippen LogP contribution < -0.4 is 10.6 Å². The first kappa shape index (κ1) is 22.4. The molecule has 3 N–H and O–H groups in total. The molecule has 0 radical (unpaired) electrons. The number of hydrogen-bond acceptors (Lipinski definition) is 4. The molecule has 0 aromatic heterocycles. The summed E-state index contributed by atoms with van der Waals surface area (Å²) in [5.41, 5.74) is 4.60. The molecule has 7 heteroatoms. The number of ether oxygens (including phenoxy) is 1. The zero-order valence-corrected chi connectivity index (χ0v) is 19.0. The summed E-state index contributed by atoms with van der Waals surface area (Å²) >= 11 is 0. The van der Waals surface area contributed by atoms with Crippen molar-refractivity contribution in [2.75, 3.05) is 6.61 Å². The Morgan fingerprint density at radius 3 is 2.15 bits per heavy atom. The summed E-state index contributed by atoms with van der Waals surface area (Å²) < 4.78 is 5.65. The zero-order valence-electron chi connectivity index (χ0n) is 19.0. The Labute approximate surface area is 198 Å². The van der Waals surface area contributed by atoms with Gasteiger partial charge >= 0.3 is 12.1 Å². The Balaban J connectivity index is 1.21. The van der Waals surface area contributed by atoms with E-state index in [1.807, 2.05) is 24.3 Å². The predicted octanol–water partition coefficient (Wildman–Crippen LogP) is 4.06. The van der Waals surface area contributed by atoms with Gasteiger partial charge in [0.15, 0.2) is 0 Å². The van der Waals surface area contributed by atoms with E-state index >= 15 is 0 Å². The summed E-state index contributed by atoms with van der Waals surface area (Å²) in [6.07, 6.45) is 3.84. The Bertz CT molecular complexity index is 1050. The summed E-state index contributed by atoms with van der Waals surface area (Å²) in [5, 5.41) is 15.0. The predicted molar refractivity (Wildman–Crippen MR) is 126 cm³/mol. The third-order valence-electron chi connectivity index (χ3n) is 7.65. The van der Waals surface area contributed by atoms with Gasteiger partial charge < -0.3 is 20.5 Å². The lowest BCUT2D eigenvalue weighted by Crippen LogP contribution is -2.54. The standard InChI is InChI=1S/C27H30N2O5/c30-25(28-18-13-12-17(14-18)26(31)32)24(16-6-5-7-16)29-27(33)34-15-23-21-10-3-1-8-19(21)20-9-2-4-11-22(20)23/h1-4,8-11,16-18,23-24H,5-7,12-15H2,(H,28,30)(H,29,33)(H,31,32)/t17-,18+,24?/m1/s1. The fraction of sp³-hybridized carbons (Fsp3) is 0.444. The van der Waals surface area contributed by atoms with Crippen LogP contribution in [0.1, 0.15) is 55.6 Å². The number of carboxylic acids is 1. The minimum Gasteiger partial charge on any atom is -0.481 e. The average molecular weight is 463 g/mol. The first-order chi connectivity index (χ1) is 16.5. The first-order valence-corrected chi connectivity index (χ1v) is 12.2. The maximum atomic E-state index is 13.0. The van der Waals surface area contributed by atoms with Crippen molar-refractivity contribution in [3.05, 3.63) is 59.7 Å². The fourth-order valence-electron chi connectivity index (χ4n) is 5.57. The van der Waals surface area contributed by atoms with Crippen LogP contribution in [-0.2, 0) is 14.3 Å². The minimum absolute atomic E-state index is 0.0411. The molecule has 2 amide bonds. The monoisotopic (exact) mass is 462 g/mol. The van der Waals surface area contributed by atoms with Crippen LogP contribution in [0.3, 0.4) is 0 Å². The van der Waals surface area contributed by atoms with Gasteiger partial charge in [-0.25, -0.2) is 4.79 Å². The molecule has 34 heavy (non-hydrogen) atoms. The molecular formula is C27H30N2O5. The van der Waals surface area contributed by atoms with Crippen LogP contribution in [0, 0.1) is 11.8 Å². The van der Waals surface area contributed by atoms with Gasteiger partial charge in [0.1, 0.15) is 12.6 Å². The topological polar surface area (TPSA) is 105 Å². The molecule has 7 nitrogen and oxygen atoms in total. The zero-order chi connectivity index (χ0) is 23.7. The highest BCUT2D eigenvalue weighted by Crippen LogP contribution is 2.44. The second kappa shape index (κ2) is 9.49. The highest BCUT2D eigenvalue weighted by molar-refractivity contribution is 5.86. The largest absolute Gasteiger partial charge is 0.481 e. The third-order valence-corrected chi connectivity index (χ3v) is 7.65. The Morgan fingerprint density at radius 2 is 1.59 bits per heavy atom. The molecule has 2 aromatic carbocycles. The van der Waals surface area contributed by atoms with Gasteiger partial charge in [0.25, 0.3) is 0 Å². The molecule has 0 spiro atoms. The second-order valence-corrected chi connectivity index (χ2v) is 9.69. The van der Waals surface area contributed by atoms with Crippen LogP contribution in [0.15, 0.2) is 48.5 Å². The molecule has 0 heterocycles. The van der Waals surface area contributed by atoms with Crippen LogP contribution >= 0.6 is 0 Å². The van der Waals surface area contributed by atoms with E-state index in [4.69, 9.17) is 4.74 Å². The van der Waals surface area contributed by atoms with E-state index in [9.17, 15) is 19.5 Å². The summed E-state index contributed by atoms with van der Waals surface area (Å²) in [7, 11) is 0. The molecule has 0 bridgehead atoms. The van der Waals surface area contributed by atoms with Gasteiger partial charge in [0.05, 0.1) is 5.92 Å². The number of amides is 2. The number of aliphatic carboxylic acids is 1. The van der Waals surface area contributed by atoms with Crippen LogP contribution in [0.2, 0.25) is 0 Å². The van der Waals surface area contributed by atoms with Crippen molar-refractivity contribution in [2.45, 2.75) is 56.5 Å². The molecule has 3 aliphatic rings. The van der Waals surface area contributed by atoms with E-state index in [0.29, 0.717) is 19.3 Å². The van der Waals surface area contributed by atoms with Crippen molar-refractivity contribution >= 4 is 18.0 Å². The minimum atomic E-state index is -0.816. The number of carbonyl (C=O) groups excluding carboxylic acids is 2. The number of nitrogens with one attached hydrogen (secondary N) is 2. The maximum Gasteiger partial charge on any atom is 0.407 e. The Morgan fingerprint density at radius 1 is 0.941 bits per heavy atom. The van der Waals surface area contributed by atoms with Crippen molar-refractivity contribution in [2.24, 2.45) is 11.8 Å². The first-order valence-electron chi connectivity index (χ1n) is 12.2. The second-order valence-electron chi connectivity index (χ2n) is 9.69. The van der Waals surface area contributed by atoms with E-state index < -0.39 is 24.0 Å². The molecule has 178 valence electrons. The van der Waals surface area contributed by atoms with Crippen molar-refractivity contribution < 1.29 is 24.2 Å². The highest BCUT2D eigenvalue weighted by atomic mass is 16.5. The molecule has 2 aromatic rings. The number of carboxylic acid groups (broad SMARTS) is 1. The molecule has 0 saturated heterocycles. The molecule has 5 rings (SSSR count). The lowest BCUT2D eigenvalue weighted by atomic mass is 9.79. The van der Waals surface area contributed by atoms with Crippen molar-refractivity contribution in [3.63, 3.8) is 0 Å². The summed E-state index contributed by atoms with van der Waals surface area (Å²) in [6.45, 7) is 0.196. The summed E-state index contributed by atoms with van der Waals surface area (Å²) in [5.74, 6) is -1.43. The van der Waals surface area contributed by atoms with Gasteiger partial charge in [-0.1, -0.05) is 55.0 Å². The number of rotatable bonds is 7. The van der Waals surface area contributed by atoms with E-state index in [2.05, 4.69) is 34.9 Å². The van der Waals surface area contributed by atoms with E-state index in [1.165, 1.54) is 0 Å². The molecule has 1 unspecified atom stereocenters. The molecule has 2 fully saturated rings. The maximum absolute atomic E-state index is 13.0. The smallest absolute Gasteiger partial charge is 0.407 e. The van der Waals surface area contributed by atoms with Crippen molar-refractivity contribution in [3.8, 4) is 11.1 Å². The lowest BCUT2D eigenvalue weighted by molar-refractivity contribution is -0.141. The van der Waals surface area contributed by atoms with Crippen LogP contribution in [0.4, 0.5) is 4.79 Å². The fourth-order valence-corrected chi connectivity index (χ4v) is 5.57. The van der Waals surface area contributed by atoms with Gasteiger partial charge in [-0.2, -0.15) is 0 Å². The van der Waals surface area contributed by atoms with Gasteiger partial charge in [0, 0.05) is 12.0 Å². The van der Waals surface area contributed by atoms with E-state index in [0.717, 1.165) is 41.5 Å².